The van der Waals surface area contributed by atoms with Crippen molar-refractivity contribution in [2.24, 2.45) is 0 Å². The van der Waals surface area contributed by atoms with Gasteiger partial charge in [-0.25, -0.2) is 0 Å². The Morgan fingerprint density at radius 2 is 2.00 bits per heavy atom. The zero-order valence-electron chi connectivity index (χ0n) is 14.9. The van der Waals surface area contributed by atoms with Gasteiger partial charge < -0.3 is 9.15 Å². The van der Waals surface area contributed by atoms with Crippen LogP contribution in [0.3, 0.4) is 0 Å². The van der Waals surface area contributed by atoms with Crippen molar-refractivity contribution in [3.63, 3.8) is 0 Å². The molecule has 0 aliphatic heterocycles. The van der Waals surface area contributed by atoms with E-state index in [1.165, 1.54) is 18.1 Å². The molecule has 1 heterocycles. The molecule has 0 aliphatic carbocycles. The highest BCUT2D eigenvalue weighted by atomic mass is 35.5. The van der Waals surface area contributed by atoms with Crippen molar-refractivity contribution in [1.82, 2.24) is 10.2 Å². The lowest BCUT2D eigenvalue weighted by atomic mass is 10.1. The zero-order valence-corrected chi connectivity index (χ0v) is 16.4. The normalized spacial score (nSPS) is 10.6. The Labute approximate surface area is 166 Å². The van der Waals surface area contributed by atoms with Gasteiger partial charge in [-0.3, -0.25) is 10.1 Å². The summed E-state index contributed by atoms with van der Waals surface area (Å²) in [4.78, 5) is 13.7. The standard InChI is InChI=1S/C19H18ClN3O3S/c1-3-27-14-7-4-12(5-8-14)10-17-22-23-19(26-17)21-18(24)15-11-13(20)6-9-16(15)25-2/h4-9,11H,3,10H2,1-2H3,(H,21,23,24). The van der Waals surface area contributed by atoms with Gasteiger partial charge in [-0.2, -0.15) is 0 Å². The first kappa shape index (κ1) is 19.3. The maximum atomic E-state index is 12.4. The molecule has 1 aromatic heterocycles. The van der Waals surface area contributed by atoms with E-state index >= 15 is 0 Å². The molecule has 8 heteroatoms. The predicted molar refractivity (Wildman–Crippen MR) is 106 cm³/mol. The SMILES string of the molecule is CCSc1ccc(Cc2nnc(NC(=O)c3cc(Cl)ccc3OC)o2)cc1. The van der Waals surface area contributed by atoms with E-state index in [-0.39, 0.29) is 11.6 Å². The van der Waals surface area contributed by atoms with Crippen LogP contribution in [0.4, 0.5) is 6.01 Å². The van der Waals surface area contributed by atoms with Gasteiger partial charge in [0.25, 0.3) is 5.91 Å². The number of aromatic nitrogens is 2. The van der Waals surface area contributed by atoms with Crippen LogP contribution in [0.25, 0.3) is 0 Å². The van der Waals surface area contributed by atoms with Gasteiger partial charge in [-0.1, -0.05) is 35.8 Å². The quantitative estimate of drug-likeness (QED) is 0.577. The average Bonchev–Trinajstić information content (AvgIpc) is 3.10. The number of methoxy groups -OCH3 is 1. The van der Waals surface area contributed by atoms with Crippen molar-refractivity contribution in [1.29, 1.82) is 0 Å². The van der Waals surface area contributed by atoms with E-state index in [4.69, 9.17) is 20.8 Å². The number of rotatable bonds is 7. The molecular weight excluding hydrogens is 386 g/mol. The second kappa shape index (κ2) is 8.92. The first-order chi connectivity index (χ1) is 13.1. The van der Waals surface area contributed by atoms with Crippen LogP contribution in [0.5, 0.6) is 5.75 Å². The van der Waals surface area contributed by atoms with E-state index in [9.17, 15) is 4.79 Å². The van der Waals surface area contributed by atoms with Gasteiger partial charge in [0.1, 0.15) is 5.75 Å². The molecular formula is C19H18ClN3O3S. The van der Waals surface area contributed by atoms with Crippen molar-refractivity contribution in [2.45, 2.75) is 18.2 Å². The molecule has 27 heavy (non-hydrogen) atoms. The Hall–Kier alpha value is -2.51. The van der Waals surface area contributed by atoms with Crippen molar-refractivity contribution in [2.75, 3.05) is 18.2 Å². The fourth-order valence-electron chi connectivity index (χ4n) is 2.44. The van der Waals surface area contributed by atoms with Crippen LogP contribution in [-0.2, 0) is 6.42 Å². The first-order valence-electron chi connectivity index (χ1n) is 8.28. The second-order valence-electron chi connectivity index (χ2n) is 5.55. The molecule has 1 N–H and O–H groups in total. The summed E-state index contributed by atoms with van der Waals surface area (Å²) >= 11 is 7.74. The van der Waals surface area contributed by atoms with Crippen molar-refractivity contribution in [3.05, 3.63) is 64.5 Å². The molecule has 2 aromatic carbocycles. The summed E-state index contributed by atoms with van der Waals surface area (Å²) in [5.74, 6) is 1.41. The molecule has 0 saturated heterocycles. The van der Waals surface area contributed by atoms with Gasteiger partial charge in [0, 0.05) is 9.92 Å². The Morgan fingerprint density at radius 3 is 2.70 bits per heavy atom. The number of halogens is 1. The molecule has 0 atom stereocenters. The average molecular weight is 404 g/mol. The fourth-order valence-corrected chi connectivity index (χ4v) is 3.28. The third-order valence-electron chi connectivity index (χ3n) is 3.68. The summed E-state index contributed by atoms with van der Waals surface area (Å²) in [5, 5.41) is 10.9. The molecule has 6 nitrogen and oxygen atoms in total. The number of carbonyl (C=O) groups is 1. The van der Waals surface area contributed by atoms with Gasteiger partial charge in [-0.15, -0.1) is 16.9 Å². The molecule has 0 saturated carbocycles. The smallest absolute Gasteiger partial charge is 0.322 e. The molecule has 3 rings (SSSR count). The maximum Gasteiger partial charge on any atom is 0.322 e. The number of amides is 1. The number of benzene rings is 2. The Morgan fingerprint density at radius 1 is 1.22 bits per heavy atom. The summed E-state index contributed by atoms with van der Waals surface area (Å²) < 4.78 is 10.7. The molecule has 140 valence electrons. The van der Waals surface area contributed by atoms with Gasteiger partial charge in [0.2, 0.25) is 5.89 Å². The van der Waals surface area contributed by atoms with Crippen LogP contribution in [0.15, 0.2) is 51.8 Å². The minimum atomic E-state index is -0.439. The lowest BCUT2D eigenvalue weighted by molar-refractivity contribution is 0.102. The lowest BCUT2D eigenvalue weighted by Crippen LogP contribution is -2.13. The Kier molecular flexibility index (Phi) is 6.36. The summed E-state index contributed by atoms with van der Waals surface area (Å²) in [6, 6.07) is 13.0. The van der Waals surface area contributed by atoms with E-state index in [2.05, 4.69) is 34.6 Å². The molecule has 0 radical (unpaired) electrons. The van der Waals surface area contributed by atoms with Crippen molar-refractivity contribution < 1.29 is 13.9 Å². The molecule has 0 bridgehead atoms. The van der Waals surface area contributed by atoms with Gasteiger partial charge in [0.05, 0.1) is 19.1 Å². The lowest BCUT2D eigenvalue weighted by Gasteiger charge is -2.07. The molecule has 0 fully saturated rings. The first-order valence-corrected chi connectivity index (χ1v) is 9.64. The number of hydrogen-bond donors (Lipinski definition) is 1. The minimum Gasteiger partial charge on any atom is -0.496 e. The van der Waals surface area contributed by atoms with E-state index in [1.807, 2.05) is 12.1 Å². The molecule has 3 aromatic rings. The summed E-state index contributed by atoms with van der Waals surface area (Å²) in [6.45, 7) is 2.12. The third-order valence-corrected chi connectivity index (χ3v) is 4.81. The highest BCUT2D eigenvalue weighted by molar-refractivity contribution is 7.99. The number of ether oxygens (including phenoxy) is 1. The number of carbonyl (C=O) groups excluding carboxylic acids is 1. The van der Waals surface area contributed by atoms with Crippen molar-refractivity contribution >= 4 is 35.3 Å². The van der Waals surface area contributed by atoms with Gasteiger partial charge in [0.15, 0.2) is 0 Å². The maximum absolute atomic E-state index is 12.4. The summed E-state index contributed by atoms with van der Waals surface area (Å²) in [6.07, 6.45) is 0.487. The second-order valence-corrected chi connectivity index (χ2v) is 7.33. The van der Waals surface area contributed by atoms with Crippen LogP contribution in [-0.4, -0.2) is 29.0 Å². The monoisotopic (exact) mass is 403 g/mol. The molecule has 0 aliphatic rings. The summed E-state index contributed by atoms with van der Waals surface area (Å²) in [7, 11) is 1.48. The number of thioether (sulfide) groups is 1. The summed E-state index contributed by atoms with van der Waals surface area (Å²) in [5.41, 5.74) is 1.34. The number of anilines is 1. The number of nitrogens with one attached hydrogen (secondary N) is 1. The highest BCUT2D eigenvalue weighted by Crippen LogP contribution is 2.24. The molecule has 0 spiro atoms. The number of hydrogen-bond acceptors (Lipinski definition) is 6. The minimum absolute atomic E-state index is 0.0233. The van der Waals surface area contributed by atoms with Gasteiger partial charge >= 0.3 is 6.01 Å². The largest absolute Gasteiger partial charge is 0.496 e. The number of nitrogens with zero attached hydrogens (tertiary/aromatic N) is 2. The van der Waals surface area contributed by atoms with E-state index in [0.717, 1.165) is 11.3 Å². The van der Waals surface area contributed by atoms with E-state index in [0.29, 0.717) is 23.1 Å². The predicted octanol–water partition coefficient (Wildman–Crippen LogP) is 4.69. The van der Waals surface area contributed by atoms with Crippen LogP contribution in [0, 0.1) is 0 Å². The van der Waals surface area contributed by atoms with E-state index in [1.54, 1.807) is 23.9 Å². The van der Waals surface area contributed by atoms with Crippen LogP contribution < -0.4 is 10.1 Å². The third kappa shape index (κ3) is 5.02. The van der Waals surface area contributed by atoms with Gasteiger partial charge in [-0.05, 0) is 41.6 Å². The van der Waals surface area contributed by atoms with Crippen LogP contribution >= 0.6 is 23.4 Å². The Bertz CT molecular complexity index is 928. The topological polar surface area (TPSA) is 77.2 Å². The zero-order chi connectivity index (χ0) is 19.2. The van der Waals surface area contributed by atoms with Crippen LogP contribution in [0.2, 0.25) is 5.02 Å². The highest BCUT2D eigenvalue weighted by Gasteiger charge is 2.16. The van der Waals surface area contributed by atoms with Crippen LogP contribution in [0.1, 0.15) is 28.7 Å². The van der Waals surface area contributed by atoms with E-state index < -0.39 is 5.91 Å². The molecule has 1 amide bonds. The fraction of sp³-hybridized carbons (Fsp3) is 0.211. The Balaban J connectivity index is 1.67. The molecule has 0 unspecified atom stereocenters. The van der Waals surface area contributed by atoms with Crippen molar-refractivity contribution in [3.8, 4) is 5.75 Å².